The van der Waals surface area contributed by atoms with Gasteiger partial charge in [-0.15, -0.1) is 12.4 Å². The van der Waals surface area contributed by atoms with E-state index in [1.807, 2.05) is 5.32 Å². The van der Waals surface area contributed by atoms with E-state index >= 15 is 0 Å². The topological polar surface area (TPSA) is 58.4 Å². The largest absolute Gasteiger partial charge is 0.405 e. The summed E-state index contributed by atoms with van der Waals surface area (Å²) in [6.07, 6.45) is -2.57. The van der Waals surface area contributed by atoms with Crippen molar-refractivity contribution >= 4 is 18.3 Å². The van der Waals surface area contributed by atoms with E-state index in [1.54, 1.807) is 4.90 Å². The standard InChI is InChI=1S/C9H16F3N3O.ClH/c10-9(11,12)6-14-8(16)5-15-3-1-2-7(13)4-15;/h7H,1-6,13H2,(H,14,16);1H. The normalized spacial score (nSPS) is 21.8. The van der Waals surface area contributed by atoms with Crippen LogP contribution in [0.1, 0.15) is 12.8 Å². The summed E-state index contributed by atoms with van der Waals surface area (Å²) in [6.45, 7) is 0.00207. The van der Waals surface area contributed by atoms with Gasteiger partial charge in [0.15, 0.2) is 0 Å². The second kappa shape index (κ2) is 7.03. The average Bonchev–Trinajstić information content (AvgIpc) is 2.14. The smallest absolute Gasteiger partial charge is 0.346 e. The molecule has 4 nitrogen and oxygen atoms in total. The third kappa shape index (κ3) is 7.40. The Bertz CT molecular complexity index is 250. The fourth-order valence-electron chi connectivity index (χ4n) is 1.69. The van der Waals surface area contributed by atoms with Gasteiger partial charge in [0.2, 0.25) is 5.91 Å². The Labute approximate surface area is 104 Å². The molecular weight excluding hydrogens is 259 g/mol. The first-order chi connectivity index (χ1) is 7.37. The number of piperidine rings is 1. The minimum Gasteiger partial charge on any atom is -0.346 e. The van der Waals surface area contributed by atoms with Gasteiger partial charge in [0, 0.05) is 12.6 Å². The van der Waals surface area contributed by atoms with Gasteiger partial charge >= 0.3 is 6.18 Å². The molecule has 0 spiro atoms. The van der Waals surface area contributed by atoms with Crippen LogP contribution in [0.4, 0.5) is 13.2 Å². The summed E-state index contributed by atoms with van der Waals surface area (Å²) in [6, 6.07) is 0.0177. The van der Waals surface area contributed by atoms with E-state index in [2.05, 4.69) is 0 Å². The molecule has 1 heterocycles. The van der Waals surface area contributed by atoms with Crippen LogP contribution in [0, 0.1) is 0 Å². The summed E-state index contributed by atoms with van der Waals surface area (Å²) in [5, 5.41) is 1.84. The molecule has 1 rings (SSSR count). The number of carbonyl (C=O) groups excluding carboxylic acids is 1. The van der Waals surface area contributed by atoms with E-state index < -0.39 is 18.6 Å². The van der Waals surface area contributed by atoms with Gasteiger partial charge in [-0.1, -0.05) is 0 Å². The number of nitrogens with one attached hydrogen (secondary N) is 1. The van der Waals surface area contributed by atoms with Crippen molar-refractivity contribution in [3.8, 4) is 0 Å². The van der Waals surface area contributed by atoms with E-state index in [1.165, 1.54) is 0 Å². The number of rotatable bonds is 3. The monoisotopic (exact) mass is 275 g/mol. The number of nitrogens with zero attached hydrogens (tertiary/aromatic N) is 1. The van der Waals surface area contributed by atoms with Crippen LogP contribution in [0.3, 0.4) is 0 Å². The lowest BCUT2D eigenvalue weighted by Crippen LogP contribution is -2.47. The Balaban J connectivity index is 0.00000256. The van der Waals surface area contributed by atoms with Gasteiger partial charge in [0.1, 0.15) is 6.54 Å². The van der Waals surface area contributed by atoms with E-state index in [4.69, 9.17) is 5.73 Å². The molecule has 1 amide bonds. The number of carbonyl (C=O) groups is 1. The first-order valence-corrected chi connectivity index (χ1v) is 5.18. The Morgan fingerprint density at radius 3 is 2.65 bits per heavy atom. The fraction of sp³-hybridized carbons (Fsp3) is 0.889. The number of amides is 1. The zero-order chi connectivity index (χ0) is 12.2. The van der Waals surface area contributed by atoms with Crippen molar-refractivity contribution in [2.75, 3.05) is 26.2 Å². The first-order valence-electron chi connectivity index (χ1n) is 5.18. The van der Waals surface area contributed by atoms with E-state index in [0.29, 0.717) is 13.1 Å². The van der Waals surface area contributed by atoms with Crippen LogP contribution in [-0.2, 0) is 4.79 Å². The maximum Gasteiger partial charge on any atom is 0.405 e. The van der Waals surface area contributed by atoms with Crippen molar-refractivity contribution in [3.63, 3.8) is 0 Å². The SMILES string of the molecule is Cl.NC1CCCN(CC(=O)NCC(F)(F)F)C1. The molecule has 0 bridgehead atoms. The highest BCUT2D eigenvalue weighted by atomic mass is 35.5. The summed E-state index contributed by atoms with van der Waals surface area (Å²) in [7, 11) is 0. The van der Waals surface area contributed by atoms with Crippen molar-refractivity contribution in [2.45, 2.75) is 25.1 Å². The lowest BCUT2D eigenvalue weighted by molar-refractivity contribution is -0.139. The van der Waals surface area contributed by atoms with Gasteiger partial charge in [-0.05, 0) is 19.4 Å². The number of nitrogens with two attached hydrogens (primary N) is 1. The Kier molecular flexibility index (Phi) is 6.81. The number of hydrogen-bond donors (Lipinski definition) is 2. The van der Waals surface area contributed by atoms with Crippen LogP contribution in [0.15, 0.2) is 0 Å². The van der Waals surface area contributed by atoms with Crippen molar-refractivity contribution in [2.24, 2.45) is 5.73 Å². The second-order valence-electron chi connectivity index (χ2n) is 4.03. The lowest BCUT2D eigenvalue weighted by Gasteiger charge is -2.29. The minimum atomic E-state index is -4.35. The summed E-state index contributed by atoms with van der Waals surface area (Å²) in [4.78, 5) is 12.9. The van der Waals surface area contributed by atoms with Crippen LogP contribution in [0.5, 0.6) is 0 Å². The zero-order valence-corrected chi connectivity index (χ0v) is 10.1. The van der Waals surface area contributed by atoms with Crippen LogP contribution in [-0.4, -0.2) is 49.2 Å². The van der Waals surface area contributed by atoms with Gasteiger partial charge in [-0.3, -0.25) is 9.69 Å². The van der Waals surface area contributed by atoms with Crippen LogP contribution in [0.2, 0.25) is 0 Å². The molecular formula is C9H17ClF3N3O. The molecule has 0 aromatic heterocycles. The molecule has 1 aliphatic heterocycles. The zero-order valence-electron chi connectivity index (χ0n) is 9.29. The fourth-order valence-corrected chi connectivity index (χ4v) is 1.69. The number of likely N-dealkylation sites (tertiary alicyclic amines) is 1. The molecule has 102 valence electrons. The van der Waals surface area contributed by atoms with E-state index in [9.17, 15) is 18.0 Å². The third-order valence-electron chi connectivity index (χ3n) is 2.40. The van der Waals surface area contributed by atoms with Crippen LogP contribution in [0.25, 0.3) is 0 Å². The molecule has 0 aromatic carbocycles. The molecule has 1 fully saturated rings. The molecule has 1 saturated heterocycles. The summed E-state index contributed by atoms with van der Waals surface area (Å²) >= 11 is 0. The molecule has 1 unspecified atom stereocenters. The third-order valence-corrected chi connectivity index (χ3v) is 2.40. The lowest BCUT2D eigenvalue weighted by atomic mass is 10.1. The number of halogens is 4. The minimum absolute atomic E-state index is 0. The summed E-state index contributed by atoms with van der Waals surface area (Å²) in [5.41, 5.74) is 5.69. The van der Waals surface area contributed by atoms with Gasteiger partial charge in [0.25, 0.3) is 0 Å². The molecule has 8 heteroatoms. The van der Waals surface area contributed by atoms with E-state index in [0.717, 1.165) is 12.8 Å². The molecule has 0 radical (unpaired) electrons. The molecule has 1 aliphatic rings. The maximum absolute atomic E-state index is 11.8. The molecule has 3 N–H and O–H groups in total. The van der Waals surface area contributed by atoms with Gasteiger partial charge in [-0.25, -0.2) is 0 Å². The van der Waals surface area contributed by atoms with Crippen LogP contribution >= 0.6 is 12.4 Å². The quantitative estimate of drug-likeness (QED) is 0.789. The highest BCUT2D eigenvalue weighted by Gasteiger charge is 2.28. The van der Waals surface area contributed by atoms with Crippen molar-refractivity contribution in [1.82, 2.24) is 10.2 Å². The molecule has 0 saturated carbocycles. The Hall–Kier alpha value is -0.530. The Morgan fingerprint density at radius 1 is 1.47 bits per heavy atom. The molecule has 0 aromatic rings. The molecule has 0 aliphatic carbocycles. The molecule has 17 heavy (non-hydrogen) atoms. The van der Waals surface area contributed by atoms with Crippen molar-refractivity contribution < 1.29 is 18.0 Å². The Morgan fingerprint density at radius 2 is 2.12 bits per heavy atom. The van der Waals surface area contributed by atoms with Gasteiger partial charge < -0.3 is 11.1 Å². The van der Waals surface area contributed by atoms with Crippen LogP contribution < -0.4 is 11.1 Å². The number of alkyl halides is 3. The maximum atomic E-state index is 11.8. The predicted molar refractivity (Wildman–Crippen MR) is 60.0 cm³/mol. The van der Waals surface area contributed by atoms with Gasteiger partial charge in [-0.2, -0.15) is 13.2 Å². The predicted octanol–water partition coefficient (Wildman–Crippen LogP) is 0.510. The second-order valence-corrected chi connectivity index (χ2v) is 4.03. The van der Waals surface area contributed by atoms with Crippen molar-refractivity contribution in [1.29, 1.82) is 0 Å². The summed E-state index contributed by atoms with van der Waals surface area (Å²) < 4.78 is 35.4. The highest BCUT2D eigenvalue weighted by Crippen LogP contribution is 2.12. The van der Waals surface area contributed by atoms with Gasteiger partial charge in [0.05, 0.1) is 6.54 Å². The average molecular weight is 276 g/mol. The first kappa shape index (κ1) is 16.5. The molecule has 1 atom stereocenters. The van der Waals surface area contributed by atoms with E-state index in [-0.39, 0.29) is 25.0 Å². The van der Waals surface area contributed by atoms with Crippen molar-refractivity contribution in [3.05, 3.63) is 0 Å². The number of hydrogen-bond acceptors (Lipinski definition) is 3. The highest BCUT2D eigenvalue weighted by molar-refractivity contribution is 5.85. The summed E-state index contributed by atoms with van der Waals surface area (Å²) in [5.74, 6) is -0.605.